The number of nitrogens with zero attached hydrogens (tertiary/aromatic N) is 1. The third-order valence-corrected chi connectivity index (χ3v) is 5.08. The van der Waals surface area contributed by atoms with Crippen LogP contribution in [0, 0.1) is 0 Å². The lowest BCUT2D eigenvalue weighted by Crippen LogP contribution is -2.52. The van der Waals surface area contributed by atoms with Gasteiger partial charge in [-0.15, -0.1) is 0 Å². The molecule has 0 unspecified atom stereocenters. The van der Waals surface area contributed by atoms with Crippen molar-refractivity contribution in [2.45, 2.75) is 37.8 Å². The van der Waals surface area contributed by atoms with Crippen LogP contribution in [0.2, 0.25) is 0 Å². The summed E-state index contributed by atoms with van der Waals surface area (Å²) in [5, 5.41) is 3.65. The van der Waals surface area contributed by atoms with Gasteiger partial charge in [0.05, 0.1) is 5.76 Å². The number of benzene rings is 1. The first-order chi connectivity index (χ1) is 10.5. The minimum absolute atomic E-state index is 0.339. The second-order valence-electron chi connectivity index (χ2n) is 7.22. The van der Waals surface area contributed by atoms with Gasteiger partial charge < -0.3 is 19.5 Å². The van der Waals surface area contributed by atoms with Gasteiger partial charge in [0.15, 0.2) is 0 Å². The third-order valence-electron chi connectivity index (χ3n) is 5.08. The summed E-state index contributed by atoms with van der Waals surface area (Å²) in [5.74, 6) is 0.694. The van der Waals surface area contributed by atoms with Crippen molar-refractivity contribution in [1.82, 2.24) is 5.32 Å². The Kier molecular flexibility index (Phi) is 3.07. The van der Waals surface area contributed by atoms with Crippen LogP contribution >= 0.6 is 0 Å². The summed E-state index contributed by atoms with van der Waals surface area (Å²) in [6.45, 7) is 11.2. The van der Waals surface area contributed by atoms with Gasteiger partial charge in [-0.25, -0.2) is 0 Å². The summed E-state index contributed by atoms with van der Waals surface area (Å²) in [6.07, 6.45) is 2.62. The lowest BCUT2D eigenvalue weighted by Gasteiger charge is -2.35. The molecule has 1 aromatic carbocycles. The minimum Gasteiger partial charge on any atom is -0.534 e. The maximum Gasteiger partial charge on any atom is 0.563 e. The third kappa shape index (κ3) is 2.42. The second kappa shape index (κ2) is 4.77. The molecule has 4 rings (SSSR count). The van der Waals surface area contributed by atoms with Crippen molar-refractivity contribution in [3.8, 4) is 0 Å². The zero-order valence-electron chi connectivity index (χ0n) is 13.4. The molecular formula is C17H23BN2O2. The van der Waals surface area contributed by atoms with Crippen LogP contribution in [-0.2, 0) is 9.31 Å². The number of nitrogens with one attached hydrogen (secondary N) is 1. The molecule has 0 radical (unpaired) electrons. The van der Waals surface area contributed by atoms with E-state index in [2.05, 4.69) is 41.1 Å². The van der Waals surface area contributed by atoms with Gasteiger partial charge in [0, 0.05) is 30.9 Å². The van der Waals surface area contributed by atoms with Crippen molar-refractivity contribution < 1.29 is 9.31 Å². The molecule has 116 valence electrons. The van der Waals surface area contributed by atoms with Crippen LogP contribution in [0.1, 0.15) is 26.7 Å². The maximum atomic E-state index is 5.93. The molecule has 4 nitrogen and oxygen atoms in total. The Morgan fingerprint density at radius 3 is 2.55 bits per heavy atom. The van der Waals surface area contributed by atoms with E-state index in [9.17, 15) is 0 Å². The van der Waals surface area contributed by atoms with Gasteiger partial charge in [-0.1, -0.05) is 18.7 Å². The standard InChI is InChI=1S/C17H23BN2O2/c1-13-16(2,3)22-18(21-13)14-4-6-15(7-5-14)20-11-10-19-17(12-20)8-9-17/h4-7,19H,1,8-12H2,2-3H3. The van der Waals surface area contributed by atoms with Crippen molar-refractivity contribution in [3.05, 3.63) is 36.6 Å². The molecule has 1 aliphatic carbocycles. The molecule has 0 atom stereocenters. The topological polar surface area (TPSA) is 33.7 Å². The Balaban J connectivity index is 1.48. The first kappa shape index (κ1) is 14.2. The Hall–Kier alpha value is -1.46. The summed E-state index contributed by atoms with van der Waals surface area (Å²) in [6, 6.07) is 8.57. The molecule has 2 heterocycles. The second-order valence-corrected chi connectivity index (χ2v) is 7.22. The number of rotatable bonds is 2. The molecule has 3 aliphatic rings. The molecule has 0 aromatic heterocycles. The summed E-state index contributed by atoms with van der Waals surface area (Å²) >= 11 is 0. The summed E-state index contributed by atoms with van der Waals surface area (Å²) in [7, 11) is -0.339. The quantitative estimate of drug-likeness (QED) is 0.842. The highest BCUT2D eigenvalue weighted by Gasteiger charge is 2.46. The van der Waals surface area contributed by atoms with Crippen LogP contribution in [0.15, 0.2) is 36.6 Å². The van der Waals surface area contributed by atoms with Gasteiger partial charge in [-0.2, -0.15) is 0 Å². The molecule has 2 saturated heterocycles. The molecule has 1 saturated carbocycles. The number of anilines is 1. The average Bonchev–Trinajstić information content (AvgIpc) is 3.18. The smallest absolute Gasteiger partial charge is 0.534 e. The van der Waals surface area contributed by atoms with E-state index in [-0.39, 0.29) is 7.12 Å². The Labute approximate surface area is 132 Å². The van der Waals surface area contributed by atoms with E-state index in [0.29, 0.717) is 11.3 Å². The van der Waals surface area contributed by atoms with E-state index in [0.717, 1.165) is 25.1 Å². The highest BCUT2D eigenvalue weighted by Crippen LogP contribution is 2.38. The number of hydrogen-bond acceptors (Lipinski definition) is 4. The molecule has 0 amide bonds. The highest BCUT2D eigenvalue weighted by atomic mass is 16.7. The minimum atomic E-state index is -0.416. The fraction of sp³-hybridized carbons (Fsp3) is 0.529. The van der Waals surface area contributed by atoms with Crippen LogP contribution < -0.4 is 15.7 Å². The normalized spacial score (nSPS) is 25.5. The lowest BCUT2D eigenvalue weighted by molar-refractivity contribution is 0.173. The molecule has 5 heteroatoms. The molecule has 0 bridgehead atoms. The van der Waals surface area contributed by atoms with Gasteiger partial charge in [0.1, 0.15) is 5.60 Å². The van der Waals surface area contributed by atoms with Crippen molar-refractivity contribution in [2.24, 2.45) is 0 Å². The van der Waals surface area contributed by atoms with Crippen LogP contribution in [-0.4, -0.2) is 37.9 Å². The van der Waals surface area contributed by atoms with E-state index in [1.807, 2.05) is 13.8 Å². The SMILES string of the molecule is C=C1OB(c2ccc(N3CCNC4(CC4)C3)cc2)OC1(C)C. The van der Waals surface area contributed by atoms with Crippen molar-refractivity contribution in [1.29, 1.82) is 0 Å². The van der Waals surface area contributed by atoms with E-state index in [1.54, 1.807) is 0 Å². The fourth-order valence-electron chi connectivity index (χ4n) is 3.27. The van der Waals surface area contributed by atoms with Crippen LogP contribution in [0.25, 0.3) is 0 Å². The average molecular weight is 298 g/mol. The Bertz CT molecular complexity index is 595. The monoisotopic (exact) mass is 298 g/mol. The predicted octanol–water partition coefficient (Wildman–Crippen LogP) is 1.66. The molecule has 2 aliphatic heterocycles. The number of hydrogen-bond donors (Lipinski definition) is 1. The van der Waals surface area contributed by atoms with Gasteiger partial charge in [-0.3, -0.25) is 0 Å². The molecule has 1 spiro atoms. The van der Waals surface area contributed by atoms with Crippen molar-refractivity contribution in [2.75, 3.05) is 24.5 Å². The van der Waals surface area contributed by atoms with E-state index in [1.165, 1.54) is 18.5 Å². The van der Waals surface area contributed by atoms with Crippen LogP contribution in [0.3, 0.4) is 0 Å². The molecule has 1 aromatic rings. The summed E-state index contributed by atoms with van der Waals surface area (Å²) in [5.41, 5.74) is 2.32. The lowest BCUT2D eigenvalue weighted by atomic mass is 9.79. The van der Waals surface area contributed by atoms with E-state index >= 15 is 0 Å². The summed E-state index contributed by atoms with van der Waals surface area (Å²) in [4.78, 5) is 2.48. The summed E-state index contributed by atoms with van der Waals surface area (Å²) < 4.78 is 11.7. The van der Waals surface area contributed by atoms with Crippen LogP contribution in [0.4, 0.5) is 5.69 Å². The first-order valence-corrected chi connectivity index (χ1v) is 8.11. The van der Waals surface area contributed by atoms with Crippen molar-refractivity contribution in [3.63, 3.8) is 0 Å². The number of piperazine rings is 1. The maximum absolute atomic E-state index is 5.93. The van der Waals surface area contributed by atoms with Gasteiger partial charge in [-0.05, 0) is 44.3 Å². The Morgan fingerprint density at radius 1 is 1.23 bits per heavy atom. The van der Waals surface area contributed by atoms with Crippen molar-refractivity contribution >= 4 is 18.3 Å². The fourth-order valence-corrected chi connectivity index (χ4v) is 3.27. The zero-order chi connectivity index (χ0) is 15.4. The zero-order valence-corrected chi connectivity index (χ0v) is 13.4. The largest absolute Gasteiger partial charge is 0.563 e. The van der Waals surface area contributed by atoms with Gasteiger partial charge in [0.25, 0.3) is 0 Å². The Morgan fingerprint density at radius 2 is 1.95 bits per heavy atom. The van der Waals surface area contributed by atoms with E-state index in [4.69, 9.17) is 9.31 Å². The highest BCUT2D eigenvalue weighted by molar-refractivity contribution is 6.62. The molecule has 3 fully saturated rings. The molecule has 22 heavy (non-hydrogen) atoms. The van der Waals surface area contributed by atoms with E-state index < -0.39 is 5.60 Å². The first-order valence-electron chi connectivity index (χ1n) is 8.11. The predicted molar refractivity (Wildman–Crippen MR) is 89.4 cm³/mol. The van der Waals surface area contributed by atoms with Crippen LogP contribution in [0.5, 0.6) is 0 Å². The molecular weight excluding hydrogens is 275 g/mol. The van der Waals surface area contributed by atoms with Gasteiger partial charge >= 0.3 is 7.12 Å². The van der Waals surface area contributed by atoms with Gasteiger partial charge in [0.2, 0.25) is 0 Å². The molecule has 1 N–H and O–H groups in total.